The zero-order valence-corrected chi connectivity index (χ0v) is 19.1. The first-order valence-corrected chi connectivity index (χ1v) is 11.6. The molecule has 1 aliphatic heterocycles. The number of H-pyrrole nitrogens is 1. The van der Waals surface area contributed by atoms with Crippen molar-refractivity contribution < 1.29 is 4.79 Å². The molecule has 1 amide bonds. The van der Waals surface area contributed by atoms with E-state index >= 15 is 0 Å². The highest BCUT2D eigenvalue weighted by atomic mass is 16.1. The molecule has 1 saturated heterocycles. The summed E-state index contributed by atoms with van der Waals surface area (Å²) in [7, 11) is 0. The SMILES string of the molecule is Cc1cc(-c2n[nH]c3ccc(C(=O)N[C@@H]4CCCN(Cc5ccccc5C)C4)cc23)ccn1. The summed E-state index contributed by atoms with van der Waals surface area (Å²) in [4.78, 5) is 19.8. The number of likely N-dealkylation sites (tertiary alicyclic amines) is 1. The van der Waals surface area contributed by atoms with Gasteiger partial charge in [0.05, 0.1) is 5.52 Å². The Morgan fingerprint density at radius 2 is 2.03 bits per heavy atom. The molecule has 5 rings (SSSR count). The summed E-state index contributed by atoms with van der Waals surface area (Å²) in [6.07, 6.45) is 3.88. The number of aromatic nitrogens is 3. The molecule has 33 heavy (non-hydrogen) atoms. The van der Waals surface area contributed by atoms with Crippen LogP contribution in [0.2, 0.25) is 0 Å². The number of pyridine rings is 1. The van der Waals surface area contributed by atoms with Gasteiger partial charge < -0.3 is 5.32 Å². The highest BCUT2D eigenvalue weighted by Gasteiger charge is 2.23. The maximum absolute atomic E-state index is 13.1. The standard InChI is InChI=1S/C27H29N5O/c1-18-6-3-4-7-22(18)16-32-13-5-8-23(17-32)29-27(33)21-9-10-25-24(15-21)26(31-30-25)20-11-12-28-19(2)14-20/h3-4,6-7,9-12,14-15,23H,5,8,13,16-17H2,1-2H3,(H,29,33)(H,30,31)/t23-/m1/s1. The largest absolute Gasteiger partial charge is 0.348 e. The third-order valence-electron chi connectivity index (χ3n) is 6.49. The molecule has 1 atom stereocenters. The fourth-order valence-electron chi connectivity index (χ4n) is 4.68. The number of nitrogens with zero attached hydrogens (tertiary/aromatic N) is 3. The predicted molar refractivity (Wildman–Crippen MR) is 131 cm³/mol. The number of rotatable bonds is 5. The molecule has 2 N–H and O–H groups in total. The van der Waals surface area contributed by atoms with Crippen molar-refractivity contribution >= 4 is 16.8 Å². The number of aryl methyl sites for hydroxylation is 2. The van der Waals surface area contributed by atoms with E-state index in [4.69, 9.17) is 0 Å². The van der Waals surface area contributed by atoms with Crippen molar-refractivity contribution in [3.05, 3.63) is 83.2 Å². The number of hydrogen-bond acceptors (Lipinski definition) is 4. The van der Waals surface area contributed by atoms with Gasteiger partial charge in [-0.2, -0.15) is 5.10 Å². The molecule has 168 valence electrons. The van der Waals surface area contributed by atoms with Crippen molar-refractivity contribution in [1.29, 1.82) is 0 Å². The van der Waals surface area contributed by atoms with E-state index in [-0.39, 0.29) is 11.9 Å². The smallest absolute Gasteiger partial charge is 0.251 e. The lowest BCUT2D eigenvalue weighted by atomic mass is 10.0. The normalized spacial score (nSPS) is 16.7. The maximum atomic E-state index is 13.1. The third kappa shape index (κ3) is 4.66. The van der Waals surface area contributed by atoms with Crippen molar-refractivity contribution in [2.45, 2.75) is 39.3 Å². The summed E-state index contributed by atoms with van der Waals surface area (Å²) in [5.41, 5.74) is 7.01. The Labute approximate surface area is 194 Å². The second kappa shape index (κ2) is 9.16. The van der Waals surface area contributed by atoms with Gasteiger partial charge in [0.15, 0.2) is 0 Å². The molecule has 6 heteroatoms. The minimum absolute atomic E-state index is 0.0299. The molecule has 0 aliphatic carbocycles. The van der Waals surface area contributed by atoms with Gasteiger partial charge in [0.25, 0.3) is 5.91 Å². The van der Waals surface area contributed by atoms with Crippen LogP contribution in [0.5, 0.6) is 0 Å². The van der Waals surface area contributed by atoms with E-state index in [1.165, 1.54) is 11.1 Å². The van der Waals surface area contributed by atoms with Crippen LogP contribution in [0.15, 0.2) is 60.8 Å². The van der Waals surface area contributed by atoms with Crippen LogP contribution >= 0.6 is 0 Å². The second-order valence-electron chi connectivity index (χ2n) is 8.99. The lowest BCUT2D eigenvalue weighted by Crippen LogP contribution is -2.47. The molecule has 0 unspecified atom stereocenters. The Balaban J connectivity index is 1.30. The summed E-state index contributed by atoms with van der Waals surface area (Å²) in [6.45, 7) is 6.98. The maximum Gasteiger partial charge on any atom is 0.251 e. The Morgan fingerprint density at radius 3 is 2.88 bits per heavy atom. The van der Waals surface area contributed by atoms with Gasteiger partial charge in [0, 0.05) is 47.5 Å². The van der Waals surface area contributed by atoms with E-state index in [9.17, 15) is 4.79 Å². The number of amides is 1. The van der Waals surface area contributed by atoms with E-state index in [2.05, 4.69) is 56.6 Å². The number of carbonyl (C=O) groups excluding carboxylic acids is 1. The molecular formula is C27H29N5O. The first-order chi connectivity index (χ1) is 16.1. The molecule has 1 fully saturated rings. The van der Waals surface area contributed by atoms with Crippen molar-refractivity contribution in [3.8, 4) is 11.3 Å². The topological polar surface area (TPSA) is 73.9 Å². The molecule has 6 nitrogen and oxygen atoms in total. The van der Waals surface area contributed by atoms with Crippen molar-refractivity contribution in [1.82, 2.24) is 25.4 Å². The highest BCUT2D eigenvalue weighted by Crippen LogP contribution is 2.27. The Hall–Kier alpha value is -3.51. The zero-order valence-electron chi connectivity index (χ0n) is 19.1. The Bertz CT molecular complexity index is 1290. The van der Waals surface area contributed by atoms with Crippen LogP contribution in [0, 0.1) is 13.8 Å². The van der Waals surface area contributed by atoms with Crippen molar-refractivity contribution in [2.75, 3.05) is 13.1 Å². The molecule has 4 aromatic rings. The summed E-state index contributed by atoms with van der Waals surface area (Å²) in [6, 6.07) is 18.4. The summed E-state index contributed by atoms with van der Waals surface area (Å²) in [5.74, 6) is -0.0299. The predicted octanol–water partition coefficient (Wildman–Crippen LogP) is 4.64. The van der Waals surface area contributed by atoms with E-state index in [1.54, 1.807) is 6.20 Å². The molecule has 3 heterocycles. The third-order valence-corrected chi connectivity index (χ3v) is 6.49. The fraction of sp³-hybridized carbons (Fsp3) is 0.296. The molecular weight excluding hydrogens is 410 g/mol. The van der Waals surface area contributed by atoms with Gasteiger partial charge in [-0.1, -0.05) is 24.3 Å². The fourth-order valence-corrected chi connectivity index (χ4v) is 4.68. The summed E-state index contributed by atoms with van der Waals surface area (Å²) in [5, 5.41) is 11.8. The van der Waals surface area contributed by atoms with Gasteiger partial charge in [-0.15, -0.1) is 0 Å². The van der Waals surface area contributed by atoms with Gasteiger partial charge in [-0.05, 0) is 74.7 Å². The molecule has 2 aromatic carbocycles. The van der Waals surface area contributed by atoms with Crippen LogP contribution in [-0.4, -0.2) is 45.1 Å². The van der Waals surface area contributed by atoms with Gasteiger partial charge in [-0.25, -0.2) is 0 Å². The van der Waals surface area contributed by atoms with Crippen LogP contribution in [0.1, 0.15) is 40.0 Å². The van der Waals surface area contributed by atoms with E-state index in [0.717, 1.165) is 60.3 Å². The number of benzene rings is 2. The summed E-state index contributed by atoms with van der Waals surface area (Å²) < 4.78 is 0. The van der Waals surface area contributed by atoms with Gasteiger partial charge in [0.1, 0.15) is 5.69 Å². The Kier molecular flexibility index (Phi) is 5.92. The van der Waals surface area contributed by atoms with Crippen LogP contribution in [0.4, 0.5) is 0 Å². The number of carbonyl (C=O) groups is 1. The average molecular weight is 440 g/mol. The average Bonchev–Trinajstić information content (AvgIpc) is 3.24. The van der Waals surface area contributed by atoms with Gasteiger partial charge >= 0.3 is 0 Å². The lowest BCUT2D eigenvalue weighted by Gasteiger charge is -2.33. The number of aromatic amines is 1. The zero-order chi connectivity index (χ0) is 22.8. The molecule has 1 aliphatic rings. The highest BCUT2D eigenvalue weighted by molar-refractivity contribution is 6.01. The molecule has 2 aromatic heterocycles. The van der Waals surface area contributed by atoms with Crippen molar-refractivity contribution in [2.24, 2.45) is 0 Å². The first-order valence-electron chi connectivity index (χ1n) is 11.6. The number of fused-ring (bicyclic) bond motifs is 1. The number of hydrogen-bond donors (Lipinski definition) is 2. The van der Waals surface area contributed by atoms with Crippen LogP contribution in [0.25, 0.3) is 22.2 Å². The van der Waals surface area contributed by atoms with Crippen LogP contribution in [0.3, 0.4) is 0 Å². The minimum Gasteiger partial charge on any atom is -0.348 e. The first kappa shape index (κ1) is 21.3. The quantitative estimate of drug-likeness (QED) is 0.475. The molecule has 0 spiro atoms. The molecule has 0 saturated carbocycles. The summed E-state index contributed by atoms with van der Waals surface area (Å²) >= 11 is 0. The molecule has 0 bridgehead atoms. The van der Waals surface area contributed by atoms with E-state index in [0.29, 0.717) is 5.56 Å². The monoisotopic (exact) mass is 439 g/mol. The Morgan fingerprint density at radius 1 is 1.15 bits per heavy atom. The number of nitrogens with one attached hydrogen (secondary N) is 2. The van der Waals surface area contributed by atoms with Gasteiger partial charge in [-0.3, -0.25) is 19.8 Å². The molecule has 0 radical (unpaired) electrons. The number of piperidine rings is 1. The lowest BCUT2D eigenvalue weighted by molar-refractivity contribution is 0.0901. The van der Waals surface area contributed by atoms with Gasteiger partial charge in [0.2, 0.25) is 0 Å². The van der Waals surface area contributed by atoms with Crippen LogP contribution in [-0.2, 0) is 6.54 Å². The van der Waals surface area contributed by atoms with E-state index in [1.807, 2.05) is 37.3 Å². The minimum atomic E-state index is -0.0299. The second-order valence-corrected chi connectivity index (χ2v) is 8.99. The van der Waals surface area contributed by atoms with Crippen molar-refractivity contribution in [3.63, 3.8) is 0 Å². The van der Waals surface area contributed by atoms with Crippen LogP contribution < -0.4 is 5.32 Å². The van der Waals surface area contributed by atoms with E-state index < -0.39 is 0 Å².